The van der Waals surface area contributed by atoms with Gasteiger partial charge in [-0.2, -0.15) is 18.4 Å². The van der Waals surface area contributed by atoms with Crippen molar-refractivity contribution in [2.24, 2.45) is 5.73 Å². The number of imidazole rings is 1. The normalized spacial score (nSPS) is 17.6. The Labute approximate surface area is 209 Å². The number of piperidine rings is 1. The van der Waals surface area contributed by atoms with Crippen molar-refractivity contribution in [2.75, 3.05) is 25.1 Å². The first-order valence-corrected chi connectivity index (χ1v) is 11.6. The molecule has 1 amide bonds. The van der Waals surface area contributed by atoms with E-state index in [4.69, 9.17) is 11.0 Å². The van der Waals surface area contributed by atoms with Gasteiger partial charge in [0.05, 0.1) is 11.3 Å². The highest BCUT2D eigenvalue weighted by molar-refractivity contribution is 5.95. The van der Waals surface area contributed by atoms with Gasteiger partial charge in [-0.05, 0) is 54.8 Å². The number of aromatic nitrogens is 2. The number of nitriles is 1. The third-order valence-corrected chi connectivity index (χ3v) is 6.63. The number of rotatable bonds is 3. The zero-order valence-electron chi connectivity index (χ0n) is 19.8. The van der Waals surface area contributed by atoms with Gasteiger partial charge in [-0.25, -0.2) is 14.8 Å². The van der Waals surface area contributed by atoms with E-state index < -0.39 is 29.3 Å². The van der Waals surface area contributed by atoms with E-state index in [9.17, 15) is 22.4 Å². The van der Waals surface area contributed by atoms with E-state index in [1.165, 1.54) is 23.1 Å². The number of benzene rings is 2. The lowest BCUT2D eigenvalue weighted by molar-refractivity contribution is -0.142. The molecule has 2 aliphatic heterocycles. The van der Waals surface area contributed by atoms with E-state index in [1.807, 2.05) is 0 Å². The number of hydrogen-bond acceptors (Lipinski definition) is 6. The lowest BCUT2D eigenvalue weighted by atomic mass is 10.1. The van der Waals surface area contributed by atoms with Crippen molar-refractivity contribution in [3.8, 4) is 23.1 Å². The first-order chi connectivity index (χ1) is 17.6. The Balaban J connectivity index is 1.76. The number of fused-ring (bicyclic) bond motifs is 1. The maximum atomic E-state index is 14.7. The Bertz CT molecular complexity index is 1430. The van der Waals surface area contributed by atoms with Gasteiger partial charge in [-0.1, -0.05) is 0 Å². The molecule has 8 nitrogen and oxygen atoms in total. The molecule has 1 atom stereocenters. The zero-order chi connectivity index (χ0) is 26.5. The SMILES string of the molecule is CN1NCc2cc(-n3c(-c4ccc(C#N)c(F)c4)nc(C(=O)N4CCC[C@@H](N)C4)c3C(F)(F)F)ccc21. The zero-order valence-corrected chi connectivity index (χ0v) is 19.8. The summed E-state index contributed by atoms with van der Waals surface area (Å²) in [5.41, 5.74) is 8.40. The molecule has 0 aliphatic carbocycles. The van der Waals surface area contributed by atoms with Gasteiger partial charge < -0.3 is 15.6 Å². The molecule has 3 heterocycles. The van der Waals surface area contributed by atoms with E-state index in [-0.39, 0.29) is 41.8 Å². The van der Waals surface area contributed by atoms with E-state index >= 15 is 0 Å². The molecule has 1 saturated heterocycles. The fourth-order valence-electron chi connectivity index (χ4n) is 4.83. The van der Waals surface area contributed by atoms with Gasteiger partial charge in [0, 0.05) is 44.0 Å². The first kappa shape index (κ1) is 24.7. The average molecular weight is 513 g/mol. The maximum absolute atomic E-state index is 14.7. The molecular formula is C25H23F4N7O. The van der Waals surface area contributed by atoms with Gasteiger partial charge in [-0.3, -0.25) is 9.36 Å². The van der Waals surface area contributed by atoms with Gasteiger partial charge in [0.15, 0.2) is 11.4 Å². The molecule has 192 valence electrons. The Kier molecular flexibility index (Phi) is 6.13. The second kappa shape index (κ2) is 9.17. The van der Waals surface area contributed by atoms with Gasteiger partial charge in [0.1, 0.15) is 17.7 Å². The topological polar surface area (TPSA) is 103 Å². The van der Waals surface area contributed by atoms with Crippen LogP contribution in [0.4, 0.5) is 23.2 Å². The van der Waals surface area contributed by atoms with Crippen LogP contribution in [0.15, 0.2) is 36.4 Å². The summed E-state index contributed by atoms with van der Waals surface area (Å²) < 4.78 is 59.4. The van der Waals surface area contributed by atoms with Gasteiger partial charge in [0.25, 0.3) is 5.91 Å². The van der Waals surface area contributed by atoms with Crippen LogP contribution in [0.1, 0.15) is 40.2 Å². The quantitative estimate of drug-likeness (QED) is 0.519. The maximum Gasteiger partial charge on any atom is 0.434 e. The fraction of sp³-hybridized carbons (Fsp3) is 0.320. The lowest BCUT2D eigenvalue weighted by Crippen LogP contribution is -2.46. The van der Waals surface area contributed by atoms with Crippen molar-refractivity contribution in [1.29, 1.82) is 5.26 Å². The number of likely N-dealkylation sites (tertiary alicyclic amines) is 1. The number of halogens is 4. The van der Waals surface area contributed by atoms with Crippen LogP contribution in [0.3, 0.4) is 0 Å². The molecule has 2 aromatic carbocycles. The molecule has 0 radical (unpaired) electrons. The lowest BCUT2D eigenvalue weighted by Gasteiger charge is -2.30. The van der Waals surface area contributed by atoms with E-state index in [0.717, 1.165) is 21.9 Å². The van der Waals surface area contributed by atoms with Gasteiger partial charge in [-0.15, -0.1) is 0 Å². The number of nitrogens with zero attached hydrogens (tertiary/aromatic N) is 5. The third kappa shape index (κ3) is 4.41. The molecule has 0 spiro atoms. The minimum Gasteiger partial charge on any atom is -0.336 e. The molecule has 1 aromatic heterocycles. The number of hydrazine groups is 1. The number of carbonyl (C=O) groups excluding carboxylic acids is 1. The van der Waals surface area contributed by atoms with Crippen LogP contribution in [0.25, 0.3) is 17.1 Å². The number of amides is 1. The fourth-order valence-corrected chi connectivity index (χ4v) is 4.83. The Morgan fingerprint density at radius 2 is 2.03 bits per heavy atom. The van der Waals surface area contributed by atoms with Crippen LogP contribution in [0.5, 0.6) is 0 Å². The smallest absolute Gasteiger partial charge is 0.336 e. The largest absolute Gasteiger partial charge is 0.434 e. The molecule has 0 unspecified atom stereocenters. The molecule has 12 heteroatoms. The highest BCUT2D eigenvalue weighted by Crippen LogP contribution is 2.39. The van der Waals surface area contributed by atoms with Crippen LogP contribution in [-0.4, -0.2) is 46.5 Å². The summed E-state index contributed by atoms with van der Waals surface area (Å²) in [6.07, 6.45) is -3.74. The summed E-state index contributed by atoms with van der Waals surface area (Å²) in [5, 5.41) is 10.8. The highest BCUT2D eigenvalue weighted by Gasteiger charge is 2.44. The van der Waals surface area contributed by atoms with E-state index in [2.05, 4.69) is 10.4 Å². The number of anilines is 1. The van der Waals surface area contributed by atoms with Crippen molar-refractivity contribution in [3.05, 3.63) is 64.7 Å². The second-order valence-electron chi connectivity index (χ2n) is 9.13. The second-order valence-corrected chi connectivity index (χ2v) is 9.13. The average Bonchev–Trinajstić information content (AvgIpc) is 3.44. The van der Waals surface area contributed by atoms with Crippen LogP contribution in [0, 0.1) is 17.1 Å². The summed E-state index contributed by atoms with van der Waals surface area (Å²) in [6.45, 7) is 0.767. The molecule has 3 N–H and O–H groups in total. The van der Waals surface area contributed by atoms with Crippen LogP contribution in [-0.2, 0) is 12.7 Å². The molecule has 37 heavy (non-hydrogen) atoms. The molecule has 2 aliphatic rings. The third-order valence-electron chi connectivity index (χ3n) is 6.63. The molecular weight excluding hydrogens is 490 g/mol. The predicted octanol–water partition coefficient (Wildman–Crippen LogP) is 3.59. The Hall–Kier alpha value is -3.95. The standard InChI is InChI=1S/C25H23F4N7O/c1-34-20-7-6-18(9-16(20)12-32-34)36-22(25(27,28)29)21(24(37)35-8-2-3-17(31)13-35)33-23(36)14-4-5-15(11-30)19(26)10-14/h4-7,9-10,17,32H,2-3,8,12-13,31H2,1H3/t17-/m1/s1. The minimum absolute atomic E-state index is 0.00728. The summed E-state index contributed by atoms with van der Waals surface area (Å²) in [6, 6.07) is 9.52. The van der Waals surface area contributed by atoms with Crippen molar-refractivity contribution < 1.29 is 22.4 Å². The van der Waals surface area contributed by atoms with E-state index in [1.54, 1.807) is 30.3 Å². The molecule has 3 aromatic rings. The first-order valence-electron chi connectivity index (χ1n) is 11.6. The number of carbonyl (C=O) groups is 1. The van der Waals surface area contributed by atoms with Crippen LogP contribution >= 0.6 is 0 Å². The molecule has 0 bridgehead atoms. The van der Waals surface area contributed by atoms with Crippen LogP contribution < -0.4 is 16.2 Å². The monoisotopic (exact) mass is 513 g/mol. The van der Waals surface area contributed by atoms with Crippen molar-refractivity contribution in [2.45, 2.75) is 31.6 Å². The highest BCUT2D eigenvalue weighted by atomic mass is 19.4. The molecule has 0 saturated carbocycles. The summed E-state index contributed by atoms with van der Waals surface area (Å²) in [4.78, 5) is 18.8. The summed E-state index contributed by atoms with van der Waals surface area (Å²) in [5.74, 6) is -2.06. The molecule has 5 rings (SSSR count). The molecule has 1 fully saturated rings. The number of alkyl halides is 3. The van der Waals surface area contributed by atoms with Crippen molar-refractivity contribution >= 4 is 11.6 Å². The number of nitrogens with one attached hydrogen (secondary N) is 1. The van der Waals surface area contributed by atoms with E-state index in [0.29, 0.717) is 19.4 Å². The Morgan fingerprint density at radius 3 is 2.70 bits per heavy atom. The predicted molar refractivity (Wildman–Crippen MR) is 127 cm³/mol. The summed E-state index contributed by atoms with van der Waals surface area (Å²) in [7, 11) is 1.79. The van der Waals surface area contributed by atoms with Gasteiger partial charge >= 0.3 is 6.18 Å². The minimum atomic E-state index is -4.96. The van der Waals surface area contributed by atoms with Crippen LogP contribution in [0.2, 0.25) is 0 Å². The summed E-state index contributed by atoms with van der Waals surface area (Å²) >= 11 is 0. The number of nitrogens with two attached hydrogens (primary N) is 1. The van der Waals surface area contributed by atoms with Crippen molar-refractivity contribution in [1.82, 2.24) is 19.9 Å². The Morgan fingerprint density at radius 1 is 1.24 bits per heavy atom. The van der Waals surface area contributed by atoms with Crippen molar-refractivity contribution in [3.63, 3.8) is 0 Å². The van der Waals surface area contributed by atoms with Gasteiger partial charge in [0.2, 0.25) is 0 Å². The number of hydrogen-bond donors (Lipinski definition) is 2.